The largest absolute Gasteiger partial charge is 0.481 e. The molecule has 0 bridgehead atoms. The highest BCUT2D eigenvalue weighted by molar-refractivity contribution is 5.78. The molecule has 0 unspecified atom stereocenters. The molecule has 0 radical (unpaired) electrons. The lowest BCUT2D eigenvalue weighted by atomic mass is 9.69. The van der Waals surface area contributed by atoms with E-state index in [2.05, 4.69) is 25.9 Å². The Labute approximate surface area is 116 Å². The number of carbonyl (C=O) groups is 2. The molecule has 0 atom stereocenters. The van der Waals surface area contributed by atoms with E-state index in [0.29, 0.717) is 5.82 Å². The van der Waals surface area contributed by atoms with Crippen molar-refractivity contribution in [1.29, 1.82) is 0 Å². The lowest BCUT2D eigenvalue weighted by molar-refractivity contribution is -0.141. The maximum Gasteiger partial charge on any atom is 0.303 e. The highest BCUT2D eigenvalue weighted by Crippen LogP contribution is 2.42. The summed E-state index contributed by atoms with van der Waals surface area (Å²) in [7, 11) is 0. The van der Waals surface area contributed by atoms with E-state index >= 15 is 0 Å². The minimum absolute atomic E-state index is 0.0582. The third-order valence-corrected chi connectivity index (χ3v) is 3.81. The van der Waals surface area contributed by atoms with Gasteiger partial charge >= 0.3 is 5.97 Å². The Morgan fingerprint density at radius 3 is 2.60 bits per heavy atom. The van der Waals surface area contributed by atoms with Crippen LogP contribution in [0.5, 0.6) is 0 Å². The Hall–Kier alpha value is -1.99. The fourth-order valence-electron chi connectivity index (χ4n) is 2.88. The normalized spacial score (nSPS) is 17.6. The van der Waals surface area contributed by atoms with Crippen LogP contribution >= 0.6 is 0 Å². The first-order valence-electron chi connectivity index (χ1n) is 6.80. The lowest BCUT2D eigenvalue weighted by Gasteiger charge is -2.35. The average molecular weight is 281 g/mol. The molecule has 0 saturated heterocycles. The molecule has 8 heteroatoms. The van der Waals surface area contributed by atoms with Crippen molar-refractivity contribution in [3.05, 3.63) is 5.82 Å². The molecule has 1 heterocycles. The Bertz CT molecular complexity index is 454. The number of aliphatic carboxylic acids is 1. The first-order valence-corrected chi connectivity index (χ1v) is 6.80. The highest BCUT2D eigenvalue weighted by atomic mass is 16.4. The van der Waals surface area contributed by atoms with Crippen LogP contribution in [0.15, 0.2) is 0 Å². The topological polar surface area (TPSA) is 121 Å². The summed E-state index contributed by atoms with van der Waals surface area (Å²) >= 11 is 0. The van der Waals surface area contributed by atoms with Crippen LogP contribution in [-0.4, -0.2) is 37.6 Å². The monoisotopic (exact) mass is 281 g/mol. The van der Waals surface area contributed by atoms with E-state index in [1.54, 1.807) is 0 Å². The van der Waals surface area contributed by atoms with Crippen LogP contribution in [0.25, 0.3) is 0 Å². The molecule has 0 aliphatic heterocycles. The van der Waals surface area contributed by atoms with Crippen molar-refractivity contribution in [2.24, 2.45) is 5.41 Å². The number of H-pyrrole nitrogens is 1. The molecule has 8 nitrogen and oxygen atoms in total. The van der Waals surface area contributed by atoms with Crippen molar-refractivity contribution in [3.63, 3.8) is 0 Å². The molecule has 1 fully saturated rings. The summed E-state index contributed by atoms with van der Waals surface area (Å²) in [4.78, 5) is 23.0. The molecule has 2 rings (SSSR count). The first-order chi connectivity index (χ1) is 9.60. The van der Waals surface area contributed by atoms with Crippen LogP contribution in [0.3, 0.4) is 0 Å². The number of rotatable bonds is 6. The van der Waals surface area contributed by atoms with Crippen LogP contribution in [0.2, 0.25) is 0 Å². The number of aromatic nitrogens is 4. The fraction of sp³-hybridized carbons (Fsp3) is 0.750. The molecule has 110 valence electrons. The van der Waals surface area contributed by atoms with Gasteiger partial charge in [0.2, 0.25) is 5.91 Å². The zero-order valence-electron chi connectivity index (χ0n) is 11.3. The number of carboxylic acids is 1. The van der Waals surface area contributed by atoms with Crippen molar-refractivity contribution < 1.29 is 14.7 Å². The SMILES string of the molecule is O=C(O)CC1(CC(=O)NCc2nn[nH]n2)CCCCC1. The Morgan fingerprint density at radius 1 is 1.25 bits per heavy atom. The summed E-state index contributed by atoms with van der Waals surface area (Å²) in [6, 6.07) is 0. The van der Waals surface area contributed by atoms with Crippen LogP contribution in [0, 0.1) is 5.41 Å². The molecule has 20 heavy (non-hydrogen) atoms. The molecular formula is C12H19N5O3. The van der Waals surface area contributed by atoms with Crippen molar-refractivity contribution in [1.82, 2.24) is 25.9 Å². The first kappa shape index (κ1) is 14.4. The maximum atomic E-state index is 12.0. The molecule has 0 spiro atoms. The van der Waals surface area contributed by atoms with Crippen LogP contribution in [0.4, 0.5) is 0 Å². The number of carboxylic acid groups (broad SMARTS) is 1. The smallest absolute Gasteiger partial charge is 0.303 e. The number of tetrazole rings is 1. The van der Waals surface area contributed by atoms with E-state index in [1.807, 2.05) is 0 Å². The molecule has 1 aromatic heterocycles. The quantitative estimate of drug-likeness (QED) is 0.703. The maximum absolute atomic E-state index is 12.0. The molecule has 3 N–H and O–H groups in total. The number of nitrogens with one attached hydrogen (secondary N) is 2. The van der Waals surface area contributed by atoms with Crippen LogP contribution in [-0.2, 0) is 16.1 Å². The number of hydrogen-bond donors (Lipinski definition) is 3. The lowest BCUT2D eigenvalue weighted by Crippen LogP contribution is -2.35. The number of hydrogen-bond acceptors (Lipinski definition) is 5. The van der Waals surface area contributed by atoms with Gasteiger partial charge in [0.25, 0.3) is 0 Å². The number of aromatic amines is 1. The number of carbonyl (C=O) groups excluding carboxylic acids is 1. The predicted octanol–water partition coefficient (Wildman–Crippen LogP) is 0.631. The van der Waals surface area contributed by atoms with Gasteiger partial charge in [-0.2, -0.15) is 5.21 Å². The average Bonchev–Trinajstić information content (AvgIpc) is 2.89. The molecule has 1 aliphatic carbocycles. The summed E-state index contributed by atoms with van der Waals surface area (Å²) < 4.78 is 0. The van der Waals surface area contributed by atoms with E-state index in [-0.39, 0.29) is 25.3 Å². The summed E-state index contributed by atoms with van der Waals surface area (Å²) in [5.74, 6) is -0.579. The van der Waals surface area contributed by atoms with Crippen molar-refractivity contribution in [2.75, 3.05) is 0 Å². The van der Waals surface area contributed by atoms with Gasteiger partial charge in [-0.1, -0.05) is 24.5 Å². The Balaban J connectivity index is 1.89. The molecular weight excluding hydrogens is 262 g/mol. The molecule has 1 aliphatic rings. The minimum Gasteiger partial charge on any atom is -0.481 e. The summed E-state index contributed by atoms with van der Waals surface area (Å²) in [6.07, 6.45) is 5.01. The van der Waals surface area contributed by atoms with Gasteiger partial charge in [0.05, 0.1) is 13.0 Å². The number of nitrogens with zero attached hydrogens (tertiary/aromatic N) is 3. The molecule has 1 saturated carbocycles. The second kappa shape index (κ2) is 6.44. The molecule has 1 amide bonds. The fourth-order valence-corrected chi connectivity index (χ4v) is 2.88. The molecule has 0 aromatic carbocycles. The van der Waals surface area contributed by atoms with Gasteiger partial charge in [0.1, 0.15) is 0 Å². The minimum atomic E-state index is -0.835. The third kappa shape index (κ3) is 4.01. The van der Waals surface area contributed by atoms with Crippen molar-refractivity contribution >= 4 is 11.9 Å². The predicted molar refractivity (Wildman–Crippen MR) is 68.4 cm³/mol. The van der Waals surface area contributed by atoms with Gasteiger partial charge in [-0.05, 0) is 18.3 Å². The van der Waals surface area contributed by atoms with Gasteiger partial charge in [-0.3, -0.25) is 9.59 Å². The van der Waals surface area contributed by atoms with E-state index in [4.69, 9.17) is 5.11 Å². The standard InChI is InChI=1S/C12H19N5O3/c18-10(13-8-9-14-16-17-15-9)6-12(7-11(19)20)4-2-1-3-5-12/h1-8H2,(H,13,18)(H,19,20)(H,14,15,16,17). The number of amides is 1. The summed E-state index contributed by atoms with van der Waals surface area (Å²) in [6.45, 7) is 0.207. The van der Waals surface area contributed by atoms with Gasteiger partial charge in [-0.25, -0.2) is 0 Å². The second-order valence-corrected chi connectivity index (χ2v) is 5.41. The summed E-state index contributed by atoms with van der Waals surface area (Å²) in [5.41, 5.74) is -0.397. The molecule has 1 aromatic rings. The van der Waals surface area contributed by atoms with Crippen LogP contribution < -0.4 is 5.32 Å². The van der Waals surface area contributed by atoms with Gasteiger partial charge in [-0.15, -0.1) is 10.2 Å². The zero-order valence-corrected chi connectivity index (χ0v) is 11.3. The van der Waals surface area contributed by atoms with E-state index in [9.17, 15) is 9.59 Å². The van der Waals surface area contributed by atoms with Crippen molar-refractivity contribution in [2.45, 2.75) is 51.5 Å². The Kier molecular flexibility index (Phi) is 4.65. The highest BCUT2D eigenvalue weighted by Gasteiger charge is 2.36. The van der Waals surface area contributed by atoms with E-state index < -0.39 is 11.4 Å². The van der Waals surface area contributed by atoms with Crippen LogP contribution in [0.1, 0.15) is 50.8 Å². The van der Waals surface area contributed by atoms with Gasteiger partial charge in [0.15, 0.2) is 5.82 Å². The van der Waals surface area contributed by atoms with E-state index in [0.717, 1.165) is 32.1 Å². The van der Waals surface area contributed by atoms with E-state index in [1.165, 1.54) is 0 Å². The summed E-state index contributed by atoms with van der Waals surface area (Å²) in [5, 5.41) is 25.0. The second-order valence-electron chi connectivity index (χ2n) is 5.41. The van der Waals surface area contributed by atoms with Gasteiger partial charge < -0.3 is 10.4 Å². The third-order valence-electron chi connectivity index (χ3n) is 3.81. The van der Waals surface area contributed by atoms with Gasteiger partial charge in [0, 0.05) is 6.42 Å². The van der Waals surface area contributed by atoms with Crippen molar-refractivity contribution in [3.8, 4) is 0 Å². The Morgan fingerprint density at radius 2 is 2.00 bits per heavy atom. The zero-order chi connectivity index (χ0) is 14.4.